The smallest absolute Gasteiger partial charge is 0.248 e. The van der Waals surface area contributed by atoms with Gasteiger partial charge in [0.2, 0.25) is 10.0 Å². The Balaban J connectivity index is 2.09. The Hall–Kier alpha value is -0.760. The third-order valence-corrected chi connectivity index (χ3v) is 5.55. The maximum absolute atomic E-state index is 11.8. The summed E-state index contributed by atoms with van der Waals surface area (Å²) >= 11 is 2.69. The van der Waals surface area contributed by atoms with Crippen LogP contribution in [-0.2, 0) is 16.6 Å². The van der Waals surface area contributed by atoms with E-state index < -0.39 is 10.0 Å². The van der Waals surface area contributed by atoms with Crippen LogP contribution in [0.3, 0.4) is 0 Å². The van der Waals surface area contributed by atoms with Crippen LogP contribution >= 0.6 is 22.7 Å². The molecule has 2 aromatic heterocycles. The fourth-order valence-corrected chi connectivity index (χ4v) is 4.09. The molecule has 0 spiro atoms. The number of sulfonamides is 1. The van der Waals surface area contributed by atoms with E-state index in [0.717, 1.165) is 9.88 Å². The van der Waals surface area contributed by atoms with E-state index in [0.29, 0.717) is 4.21 Å². The largest absolute Gasteiger partial charge is 0.250 e. The first-order valence-corrected chi connectivity index (χ1v) is 7.70. The van der Waals surface area contributed by atoms with Crippen LogP contribution in [0.15, 0.2) is 27.9 Å². The van der Waals surface area contributed by atoms with Crippen LogP contribution in [0.25, 0.3) is 0 Å². The molecule has 2 heterocycles. The fraction of sp³-hybridized carbons (Fsp3) is 0.222. The summed E-state index contributed by atoms with van der Waals surface area (Å²) in [6.45, 7) is 2.13. The Labute approximate surface area is 102 Å². The molecule has 0 atom stereocenters. The highest BCUT2D eigenvalue weighted by molar-refractivity contribution is 7.91. The highest BCUT2D eigenvalue weighted by atomic mass is 32.2. The SMILES string of the molecule is Cc1ccc(S(=O)(=O)NCc2nccs2)s1. The summed E-state index contributed by atoms with van der Waals surface area (Å²) in [6, 6.07) is 3.41. The second kappa shape index (κ2) is 4.62. The van der Waals surface area contributed by atoms with E-state index in [1.807, 2.05) is 12.3 Å². The number of hydrogen-bond donors (Lipinski definition) is 1. The normalized spacial score (nSPS) is 11.8. The van der Waals surface area contributed by atoms with Gasteiger partial charge in [0, 0.05) is 16.5 Å². The van der Waals surface area contributed by atoms with Gasteiger partial charge in [0.25, 0.3) is 0 Å². The molecule has 1 N–H and O–H groups in total. The maximum Gasteiger partial charge on any atom is 0.250 e. The van der Waals surface area contributed by atoms with Gasteiger partial charge < -0.3 is 0 Å². The Kier molecular flexibility index (Phi) is 3.38. The minimum Gasteiger partial charge on any atom is -0.248 e. The number of aromatic nitrogens is 1. The molecule has 2 rings (SSSR count). The molecule has 7 heteroatoms. The molecule has 4 nitrogen and oxygen atoms in total. The Bertz CT molecular complexity index is 557. The molecule has 0 fully saturated rings. The number of nitrogens with one attached hydrogen (secondary N) is 1. The fourth-order valence-electron chi connectivity index (χ4n) is 1.12. The predicted octanol–water partition coefficient (Wildman–Crippen LogP) is 1.99. The number of thiazole rings is 1. The van der Waals surface area contributed by atoms with Gasteiger partial charge >= 0.3 is 0 Å². The molecule has 16 heavy (non-hydrogen) atoms. The van der Waals surface area contributed by atoms with Gasteiger partial charge in [0.05, 0.1) is 6.54 Å². The average Bonchev–Trinajstić information content (AvgIpc) is 2.85. The van der Waals surface area contributed by atoms with E-state index in [-0.39, 0.29) is 6.54 Å². The summed E-state index contributed by atoms with van der Waals surface area (Å²) in [5, 5.41) is 2.58. The highest BCUT2D eigenvalue weighted by Crippen LogP contribution is 2.20. The zero-order valence-corrected chi connectivity index (χ0v) is 11.0. The second-order valence-corrected chi connectivity index (χ2v) is 7.38. The van der Waals surface area contributed by atoms with Crippen molar-refractivity contribution in [2.24, 2.45) is 0 Å². The van der Waals surface area contributed by atoms with Crippen LogP contribution in [0, 0.1) is 6.92 Å². The predicted molar refractivity (Wildman–Crippen MR) is 65.2 cm³/mol. The minimum atomic E-state index is -3.38. The third kappa shape index (κ3) is 2.67. The standard InChI is InChI=1S/C9H10N2O2S3/c1-7-2-3-9(15-7)16(12,13)11-6-8-10-4-5-14-8/h2-5,11H,6H2,1H3. The van der Waals surface area contributed by atoms with Crippen molar-refractivity contribution in [3.63, 3.8) is 0 Å². The number of nitrogens with zero attached hydrogens (tertiary/aromatic N) is 1. The van der Waals surface area contributed by atoms with E-state index in [1.165, 1.54) is 22.7 Å². The summed E-state index contributed by atoms with van der Waals surface area (Å²) in [5.41, 5.74) is 0. The maximum atomic E-state index is 11.8. The van der Waals surface area contributed by atoms with Gasteiger partial charge in [-0.25, -0.2) is 18.1 Å². The Morgan fingerprint density at radius 2 is 2.25 bits per heavy atom. The highest BCUT2D eigenvalue weighted by Gasteiger charge is 2.15. The van der Waals surface area contributed by atoms with Crippen LogP contribution < -0.4 is 4.72 Å². The van der Waals surface area contributed by atoms with E-state index >= 15 is 0 Å². The van der Waals surface area contributed by atoms with Crippen LogP contribution in [0.4, 0.5) is 0 Å². The van der Waals surface area contributed by atoms with Crippen molar-refractivity contribution in [2.45, 2.75) is 17.7 Å². The van der Waals surface area contributed by atoms with Crippen molar-refractivity contribution in [3.05, 3.63) is 33.6 Å². The first kappa shape index (κ1) is 11.7. The molecule has 0 radical (unpaired) electrons. The van der Waals surface area contributed by atoms with Crippen molar-refractivity contribution >= 4 is 32.7 Å². The van der Waals surface area contributed by atoms with Gasteiger partial charge in [-0.1, -0.05) is 0 Å². The summed E-state index contributed by atoms with van der Waals surface area (Å²) in [6.07, 6.45) is 1.66. The number of aryl methyl sites for hydroxylation is 1. The summed E-state index contributed by atoms with van der Waals surface area (Å²) in [7, 11) is -3.38. The molecule has 0 bridgehead atoms. The van der Waals surface area contributed by atoms with Crippen molar-refractivity contribution in [3.8, 4) is 0 Å². The summed E-state index contributed by atoms with van der Waals surface area (Å²) in [5.74, 6) is 0. The molecular weight excluding hydrogens is 264 g/mol. The van der Waals surface area contributed by atoms with Crippen LogP contribution in [-0.4, -0.2) is 13.4 Å². The van der Waals surface area contributed by atoms with Gasteiger partial charge in [-0.15, -0.1) is 22.7 Å². The lowest BCUT2D eigenvalue weighted by molar-refractivity contribution is 0.583. The van der Waals surface area contributed by atoms with Gasteiger partial charge in [0.1, 0.15) is 9.22 Å². The molecule has 2 aromatic rings. The topological polar surface area (TPSA) is 59.1 Å². The van der Waals surface area contributed by atoms with Crippen LogP contribution in [0.2, 0.25) is 0 Å². The molecule has 0 aliphatic carbocycles. The summed E-state index contributed by atoms with van der Waals surface area (Å²) in [4.78, 5) is 4.99. The third-order valence-electron chi connectivity index (χ3n) is 1.88. The van der Waals surface area contributed by atoms with E-state index in [1.54, 1.807) is 18.3 Å². The first-order valence-electron chi connectivity index (χ1n) is 4.52. The lowest BCUT2D eigenvalue weighted by Gasteiger charge is -2.01. The first-order chi connectivity index (χ1) is 7.58. The van der Waals surface area contributed by atoms with Crippen LogP contribution in [0.1, 0.15) is 9.88 Å². The van der Waals surface area contributed by atoms with Gasteiger partial charge in [-0.05, 0) is 19.1 Å². The number of thiophene rings is 1. The zero-order chi connectivity index (χ0) is 11.6. The Morgan fingerprint density at radius 1 is 1.44 bits per heavy atom. The minimum absolute atomic E-state index is 0.247. The molecule has 0 aromatic carbocycles. The molecular formula is C9H10N2O2S3. The molecule has 0 unspecified atom stereocenters. The second-order valence-electron chi connectivity index (χ2n) is 3.12. The van der Waals surface area contributed by atoms with Crippen molar-refractivity contribution in [2.75, 3.05) is 0 Å². The molecule has 86 valence electrons. The Morgan fingerprint density at radius 3 is 2.81 bits per heavy atom. The summed E-state index contributed by atoms with van der Waals surface area (Å²) < 4.78 is 26.5. The van der Waals surface area contributed by atoms with E-state index in [2.05, 4.69) is 9.71 Å². The number of rotatable bonds is 4. The lowest BCUT2D eigenvalue weighted by Crippen LogP contribution is -2.22. The lowest BCUT2D eigenvalue weighted by atomic mass is 10.5. The van der Waals surface area contributed by atoms with Crippen molar-refractivity contribution in [1.29, 1.82) is 0 Å². The van der Waals surface area contributed by atoms with Crippen LogP contribution in [0.5, 0.6) is 0 Å². The van der Waals surface area contributed by atoms with Gasteiger partial charge in [-0.2, -0.15) is 0 Å². The molecule has 0 aliphatic heterocycles. The van der Waals surface area contributed by atoms with Gasteiger partial charge in [-0.3, -0.25) is 0 Å². The zero-order valence-electron chi connectivity index (χ0n) is 8.50. The molecule has 0 saturated carbocycles. The van der Waals surface area contributed by atoms with Crippen molar-refractivity contribution < 1.29 is 8.42 Å². The molecule has 0 amide bonds. The average molecular weight is 274 g/mol. The quantitative estimate of drug-likeness (QED) is 0.927. The van der Waals surface area contributed by atoms with Crippen molar-refractivity contribution in [1.82, 2.24) is 9.71 Å². The molecule has 0 aliphatic rings. The van der Waals surface area contributed by atoms with E-state index in [9.17, 15) is 8.42 Å². The van der Waals surface area contributed by atoms with Gasteiger partial charge in [0.15, 0.2) is 0 Å². The van der Waals surface area contributed by atoms with E-state index in [4.69, 9.17) is 0 Å². The monoisotopic (exact) mass is 274 g/mol. The number of hydrogen-bond acceptors (Lipinski definition) is 5. The molecule has 0 saturated heterocycles.